The molecule has 0 aliphatic rings. The van der Waals surface area contributed by atoms with E-state index < -0.39 is 0 Å². The second-order valence-corrected chi connectivity index (χ2v) is 13.1. The number of fused-ring (bicyclic) bond motifs is 6. The third kappa shape index (κ3) is 4.90. The van der Waals surface area contributed by atoms with Gasteiger partial charge in [0.05, 0.1) is 27.8 Å². The van der Waals surface area contributed by atoms with Gasteiger partial charge in [0.2, 0.25) is 0 Å². The second-order valence-electron chi connectivity index (χ2n) is 13.1. The Hall–Kier alpha value is -6.84. The molecule has 0 radical (unpaired) electrons. The lowest BCUT2D eigenvalue weighted by atomic mass is 9.98. The van der Waals surface area contributed by atoms with Gasteiger partial charge in [-0.25, -0.2) is 0 Å². The Morgan fingerprint density at radius 1 is 0.314 bits per heavy atom. The van der Waals surface area contributed by atoms with Crippen LogP contribution in [0.2, 0.25) is 0 Å². The van der Waals surface area contributed by atoms with Gasteiger partial charge in [-0.05, 0) is 82.9 Å². The van der Waals surface area contributed by atoms with Crippen molar-refractivity contribution in [1.82, 2.24) is 9.13 Å². The number of rotatable bonds is 6. The van der Waals surface area contributed by atoms with Crippen LogP contribution >= 0.6 is 0 Å². The average molecular weight is 652 g/mol. The molecule has 0 aliphatic heterocycles. The minimum atomic E-state index is 1.03. The molecule has 10 aromatic rings. The zero-order valence-electron chi connectivity index (χ0n) is 27.9. The van der Waals surface area contributed by atoms with Crippen LogP contribution in [0.3, 0.4) is 0 Å². The Balaban J connectivity index is 1.19. The van der Waals surface area contributed by atoms with Crippen molar-refractivity contribution in [1.29, 1.82) is 0 Å². The number of anilines is 2. The van der Waals surface area contributed by atoms with E-state index >= 15 is 0 Å². The van der Waals surface area contributed by atoms with E-state index in [2.05, 4.69) is 209 Å². The van der Waals surface area contributed by atoms with Gasteiger partial charge in [0.15, 0.2) is 0 Å². The lowest BCUT2D eigenvalue weighted by Crippen LogP contribution is -1.99. The van der Waals surface area contributed by atoms with Crippen molar-refractivity contribution < 1.29 is 0 Å². The highest BCUT2D eigenvalue weighted by atomic mass is 15.0. The highest BCUT2D eigenvalue weighted by Gasteiger charge is 2.18. The number of hydrogen-bond acceptors (Lipinski definition) is 1. The van der Waals surface area contributed by atoms with Crippen molar-refractivity contribution in [2.75, 3.05) is 5.32 Å². The van der Waals surface area contributed by atoms with Crippen LogP contribution in [-0.4, -0.2) is 9.13 Å². The van der Waals surface area contributed by atoms with Crippen molar-refractivity contribution in [2.24, 2.45) is 0 Å². The van der Waals surface area contributed by atoms with Gasteiger partial charge in [-0.2, -0.15) is 0 Å². The number of nitrogens with one attached hydrogen (secondary N) is 1. The number of hydrogen-bond donors (Lipinski definition) is 1. The van der Waals surface area contributed by atoms with Crippen LogP contribution < -0.4 is 5.32 Å². The van der Waals surface area contributed by atoms with Gasteiger partial charge in [-0.15, -0.1) is 0 Å². The molecular formula is C48H33N3. The molecule has 0 saturated carbocycles. The number of benzene rings is 8. The Morgan fingerprint density at radius 2 is 0.843 bits per heavy atom. The molecule has 0 saturated heterocycles. The van der Waals surface area contributed by atoms with Crippen molar-refractivity contribution in [2.45, 2.75) is 0 Å². The predicted octanol–water partition coefficient (Wildman–Crippen LogP) is 13.0. The van der Waals surface area contributed by atoms with Crippen LogP contribution in [0.15, 0.2) is 194 Å². The zero-order valence-corrected chi connectivity index (χ0v) is 27.9. The zero-order chi connectivity index (χ0) is 33.7. The third-order valence-corrected chi connectivity index (χ3v) is 10.1. The smallest absolute Gasteiger partial charge is 0.0776 e. The molecule has 51 heavy (non-hydrogen) atoms. The molecular weight excluding hydrogens is 619 g/mol. The molecule has 3 heteroatoms. The molecule has 0 unspecified atom stereocenters. The Bertz CT molecular complexity index is 2810. The number of aromatic nitrogens is 2. The van der Waals surface area contributed by atoms with E-state index in [0.717, 1.165) is 33.8 Å². The van der Waals surface area contributed by atoms with Crippen LogP contribution in [0.1, 0.15) is 0 Å². The van der Waals surface area contributed by atoms with Crippen molar-refractivity contribution in [3.8, 4) is 33.6 Å². The quantitative estimate of drug-likeness (QED) is 0.190. The molecule has 0 fully saturated rings. The predicted molar refractivity (Wildman–Crippen MR) is 216 cm³/mol. The minimum Gasteiger partial charge on any atom is -0.354 e. The van der Waals surface area contributed by atoms with E-state index in [0.29, 0.717) is 0 Å². The largest absolute Gasteiger partial charge is 0.354 e. The van der Waals surface area contributed by atoms with Crippen molar-refractivity contribution in [3.05, 3.63) is 194 Å². The minimum absolute atomic E-state index is 1.03. The molecule has 2 heterocycles. The first-order valence-corrected chi connectivity index (χ1v) is 17.4. The van der Waals surface area contributed by atoms with Crippen molar-refractivity contribution >= 4 is 55.0 Å². The molecule has 240 valence electrons. The lowest BCUT2D eigenvalue weighted by Gasteiger charge is -2.15. The van der Waals surface area contributed by atoms with Crippen LogP contribution in [0.5, 0.6) is 0 Å². The topological polar surface area (TPSA) is 21.9 Å². The van der Waals surface area contributed by atoms with E-state index in [1.807, 2.05) is 0 Å². The van der Waals surface area contributed by atoms with E-state index in [4.69, 9.17) is 0 Å². The Morgan fingerprint density at radius 3 is 1.51 bits per heavy atom. The molecule has 8 aromatic carbocycles. The van der Waals surface area contributed by atoms with Gasteiger partial charge in [0, 0.05) is 38.6 Å². The fourth-order valence-corrected chi connectivity index (χ4v) is 7.78. The van der Waals surface area contributed by atoms with Gasteiger partial charge in [-0.3, -0.25) is 0 Å². The first-order chi connectivity index (χ1) is 25.3. The van der Waals surface area contributed by atoms with E-state index in [1.165, 1.54) is 54.8 Å². The van der Waals surface area contributed by atoms with Gasteiger partial charge in [0.1, 0.15) is 0 Å². The summed E-state index contributed by atoms with van der Waals surface area (Å²) in [5.41, 5.74) is 13.8. The van der Waals surface area contributed by atoms with Gasteiger partial charge in [-0.1, -0.05) is 133 Å². The summed E-state index contributed by atoms with van der Waals surface area (Å²) in [4.78, 5) is 0. The van der Waals surface area contributed by atoms with Gasteiger partial charge < -0.3 is 14.5 Å². The van der Waals surface area contributed by atoms with Crippen LogP contribution in [0, 0.1) is 0 Å². The summed E-state index contributed by atoms with van der Waals surface area (Å²) < 4.78 is 4.80. The third-order valence-electron chi connectivity index (χ3n) is 10.1. The van der Waals surface area contributed by atoms with Crippen LogP contribution in [0.25, 0.3) is 77.2 Å². The average Bonchev–Trinajstić information content (AvgIpc) is 3.72. The summed E-state index contributed by atoms with van der Waals surface area (Å²) in [7, 11) is 0. The molecule has 0 bridgehead atoms. The van der Waals surface area contributed by atoms with E-state index in [9.17, 15) is 0 Å². The normalized spacial score (nSPS) is 11.5. The molecule has 10 rings (SSSR count). The molecule has 0 amide bonds. The molecule has 2 aromatic heterocycles. The summed E-state index contributed by atoms with van der Waals surface area (Å²) >= 11 is 0. The summed E-state index contributed by atoms with van der Waals surface area (Å²) in [5.74, 6) is 0. The lowest BCUT2D eigenvalue weighted by molar-refractivity contribution is 1.18. The maximum absolute atomic E-state index is 3.87. The maximum atomic E-state index is 3.87. The standard InChI is InChI=1S/C48H33N3/c1-4-15-33(16-5-1)35-29-36(34-17-6-2-7-18-34)31-39(30-35)50-45-25-12-10-21-40(45)42-28-27-37(32-47(42)50)49-44-24-14-23-43-41-22-11-13-26-46(41)51(48(43)44)38-19-8-3-9-20-38/h1-32,49H. The molecule has 1 N–H and O–H groups in total. The molecule has 0 atom stereocenters. The Kier molecular flexibility index (Phi) is 6.81. The van der Waals surface area contributed by atoms with Gasteiger partial charge in [0.25, 0.3) is 0 Å². The van der Waals surface area contributed by atoms with Crippen LogP contribution in [-0.2, 0) is 0 Å². The fraction of sp³-hybridized carbons (Fsp3) is 0. The highest BCUT2D eigenvalue weighted by Crippen LogP contribution is 2.40. The summed E-state index contributed by atoms with van der Waals surface area (Å²) in [6, 6.07) is 69.8. The summed E-state index contributed by atoms with van der Waals surface area (Å²) in [5, 5.41) is 8.79. The summed E-state index contributed by atoms with van der Waals surface area (Å²) in [6.07, 6.45) is 0. The number of nitrogens with zero attached hydrogens (tertiary/aromatic N) is 2. The van der Waals surface area contributed by atoms with Gasteiger partial charge >= 0.3 is 0 Å². The molecule has 0 aliphatic carbocycles. The van der Waals surface area contributed by atoms with E-state index in [1.54, 1.807) is 0 Å². The summed E-state index contributed by atoms with van der Waals surface area (Å²) in [6.45, 7) is 0. The number of para-hydroxylation sites is 4. The first kappa shape index (κ1) is 29.1. The van der Waals surface area contributed by atoms with Crippen LogP contribution in [0.4, 0.5) is 11.4 Å². The second kappa shape index (κ2) is 11.9. The SMILES string of the molecule is c1ccc(-c2cc(-c3ccccc3)cc(-n3c4ccccc4c4ccc(Nc5cccc6c7ccccc7n(-c7ccccc7)c56)cc43)c2)cc1. The fourth-order valence-electron chi connectivity index (χ4n) is 7.78. The monoisotopic (exact) mass is 651 g/mol. The van der Waals surface area contributed by atoms with Crippen molar-refractivity contribution in [3.63, 3.8) is 0 Å². The first-order valence-electron chi connectivity index (χ1n) is 17.4. The molecule has 0 spiro atoms. The maximum Gasteiger partial charge on any atom is 0.0776 e. The highest BCUT2D eigenvalue weighted by molar-refractivity contribution is 6.14. The Labute approximate surface area is 296 Å². The molecule has 3 nitrogen and oxygen atoms in total. The van der Waals surface area contributed by atoms with E-state index in [-0.39, 0.29) is 0 Å².